The van der Waals surface area contributed by atoms with E-state index in [4.69, 9.17) is 4.74 Å². The topological polar surface area (TPSA) is 43.4 Å². The van der Waals surface area contributed by atoms with E-state index in [0.29, 0.717) is 24.2 Å². The summed E-state index contributed by atoms with van der Waals surface area (Å²) in [4.78, 5) is 23.5. The first-order valence-electron chi connectivity index (χ1n) is 9.77. The van der Waals surface area contributed by atoms with Crippen LogP contribution in [0, 0.1) is 23.2 Å². The minimum atomic E-state index is -0.164. The first-order chi connectivity index (χ1) is 11.9. The van der Waals surface area contributed by atoms with Gasteiger partial charge in [-0.05, 0) is 72.7 Å². The molecule has 0 aromatic heterocycles. The smallest absolute Gasteiger partial charge is 0.302 e. The minimum Gasteiger partial charge on any atom is -0.461 e. The predicted molar refractivity (Wildman–Crippen MR) is 96.8 cm³/mol. The molecule has 0 heterocycles. The van der Waals surface area contributed by atoms with Crippen LogP contribution in [0.2, 0.25) is 0 Å². The van der Waals surface area contributed by atoms with Crippen molar-refractivity contribution in [1.82, 2.24) is 0 Å². The summed E-state index contributed by atoms with van der Waals surface area (Å²) in [6, 6.07) is 0. The third kappa shape index (κ3) is 2.54. The Morgan fingerprint density at radius 1 is 1.32 bits per heavy atom. The van der Waals surface area contributed by atoms with Crippen molar-refractivity contribution < 1.29 is 14.3 Å². The highest BCUT2D eigenvalue weighted by molar-refractivity contribution is 5.93. The molecule has 0 aliphatic heterocycles. The first kappa shape index (κ1) is 16.8. The summed E-state index contributed by atoms with van der Waals surface area (Å²) < 4.78 is 5.83. The summed E-state index contributed by atoms with van der Waals surface area (Å²) in [7, 11) is 0. The molecular weight excluding hydrogens is 312 g/mol. The number of hydrogen-bond acceptors (Lipinski definition) is 3. The number of ether oxygens (including phenoxy) is 1. The molecule has 4 aliphatic rings. The Hall–Kier alpha value is -1.64. The Morgan fingerprint density at radius 3 is 2.84 bits per heavy atom. The monoisotopic (exact) mass is 340 g/mol. The van der Waals surface area contributed by atoms with Crippen LogP contribution in [0.4, 0.5) is 0 Å². The fraction of sp³-hybridized carbons (Fsp3) is 0.636. The Morgan fingerprint density at radius 2 is 2.12 bits per heavy atom. The van der Waals surface area contributed by atoms with E-state index in [1.54, 1.807) is 0 Å². The highest BCUT2D eigenvalue weighted by atomic mass is 16.5. The number of rotatable bonds is 2. The first-order valence-corrected chi connectivity index (χ1v) is 9.77. The lowest BCUT2D eigenvalue weighted by Crippen LogP contribution is -2.41. The van der Waals surface area contributed by atoms with Crippen LogP contribution < -0.4 is 0 Å². The largest absolute Gasteiger partial charge is 0.461 e. The average molecular weight is 340 g/mol. The van der Waals surface area contributed by atoms with Gasteiger partial charge >= 0.3 is 5.97 Å². The summed E-state index contributed by atoms with van der Waals surface area (Å²) in [6.45, 7) is 6.02. The number of fused-ring (bicyclic) bond motifs is 4. The molecule has 5 atom stereocenters. The fourth-order valence-electron chi connectivity index (χ4n) is 5.94. The van der Waals surface area contributed by atoms with Crippen LogP contribution in [0.15, 0.2) is 34.9 Å². The Kier molecular flexibility index (Phi) is 4.01. The zero-order valence-electron chi connectivity index (χ0n) is 15.5. The van der Waals surface area contributed by atoms with Crippen LogP contribution in [0.5, 0.6) is 0 Å². The maximum Gasteiger partial charge on any atom is 0.302 e. The molecular formula is C22H28O3. The molecule has 0 aromatic carbocycles. The lowest BCUT2D eigenvalue weighted by atomic mass is 9.60. The fourth-order valence-corrected chi connectivity index (χ4v) is 5.94. The van der Waals surface area contributed by atoms with Gasteiger partial charge in [-0.25, -0.2) is 0 Å². The number of ketones is 1. The third-order valence-corrected chi connectivity index (χ3v) is 7.14. The van der Waals surface area contributed by atoms with Gasteiger partial charge in [-0.2, -0.15) is 0 Å². The van der Waals surface area contributed by atoms with Crippen molar-refractivity contribution in [2.24, 2.45) is 23.2 Å². The van der Waals surface area contributed by atoms with Gasteiger partial charge < -0.3 is 4.74 Å². The molecule has 0 N–H and O–H groups in total. The van der Waals surface area contributed by atoms with Crippen LogP contribution in [-0.4, -0.2) is 17.9 Å². The van der Waals surface area contributed by atoms with E-state index in [1.165, 1.54) is 23.6 Å². The Labute approximate surface area is 150 Å². The van der Waals surface area contributed by atoms with Crippen molar-refractivity contribution in [1.29, 1.82) is 0 Å². The molecule has 4 rings (SSSR count). The van der Waals surface area contributed by atoms with E-state index in [1.807, 2.05) is 6.08 Å². The van der Waals surface area contributed by atoms with Crippen LogP contribution >= 0.6 is 0 Å². The standard InChI is InChI=1S/C22H28O3/c1-4-14-12-20-19-7-5-15-11-16(24)6-8-17(15)18(19)9-10-22(20,3)21(14)25-13(2)23/h9-11,14,19-21H,4-8,12H2,1-3H3/t14-,19-,20+,21+,22+/m1/s1. The molecule has 1 fully saturated rings. The maximum absolute atomic E-state index is 11.8. The summed E-state index contributed by atoms with van der Waals surface area (Å²) in [5.74, 6) is 1.64. The normalized spacial score (nSPS) is 39.5. The number of allylic oxidation sites excluding steroid dienone is 5. The van der Waals surface area contributed by atoms with Crippen LogP contribution in [0.25, 0.3) is 0 Å². The molecule has 0 aromatic rings. The zero-order valence-corrected chi connectivity index (χ0v) is 15.5. The predicted octanol–water partition coefficient (Wildman–Crippen LogP) is 4.54. The molecule has 0 amide bonds. The van der Waals surface area contributed by atoms with Gasteiger partial charge in [0, 0.05) is 18.8 Å². The SMILES string of the molecule is CC[C@@H]1C[C@H]2[C@@H]3CCC4=CC(=O)CCC4=C3C=C[C@]2(C)[C@H]1OC(C)=O. The molecule has 134 valence electrons. The highest BCUT2D eigenvalue weighted by Crippen LogP contribution is 2.60. The van der Waals surface area contributed by atoms with Crippen molar-refractivity contribution in [3.63, 3.8) is 0 Å². The Balaban J connectivity index is 1.75. The second-order valence-corrected chi connectivity index (χ2v) is 8.45. The van der Waals surface area contributed by atoms with Crippen molar-refractivity contribution in [2.45, 2.75) is 65.4 Å². The molecule has 0 radical (unpaired) electrons. The number of carbonyl (C=O) groups is 2. The summed E-state index contributed by atoms with van der Waals surface area (Å²) in [6.07, 6.45) is 12.4. The van der Waals surface area contributed by atoms with E-state index in [9.17, 15) is 9.59 Å². The van der Waals surface area contributed by atoms with Gasteiger partial charge in [0.05, 0.1) is 0 Å². The van der Waals surface area contributed by atoms with Crippen molar-refractivity contribution >= 4 is 11.8 Å². The molecule has 0 spiro atoms. The number of esters is 1. The molecule has 3 nitrogen and oxygen atoms in total. The minimum absolute atomic E-state index is 0.00678. The van der Waals surface area contributed by atoms with Gasteiger partial charge in [0.15, 0.2) is 5.78 Å². The average Bonchev–Trinajstić information content (AvgIpc) is 2.86. The lowest BCUT2D eigenvalue weighted by molar-refractivity contribution is -0.153. The molecule has 0 unspecified atom stereocenters. The lowest BCUT2D eigenvalue weighted by Gasteiger charge is -2.45. The van der Waals surface area contributed by atoms with Gasteiger partial charge in [0.1, 0.15) is 6.10 Å². The zero-order chi connectivity index (χ0) is 17.8. The van der Waals surface area contributed by atoms with Gasteiger partial charge in [-0.1, -0.05) is 26.0 Å². The van der Waals surface area contributed by atoms with Gasteiger partial charge in [-0.3, -0.25) is 9.59 Å². The quantitative estimate of drug-likeness (QED) is 0.693. The van der Waals surface area contributed by atoms with Crippen molar-refractivity contribution in [3.05, 3.63) is 34.9 Å². The van der Waals surface area contributed by atoms with Crippen LogP contribution in [0.3, 0.4) is 0 Å². The van der Waals surface area contributed by atoms with Crippen molar-refractivity contribution in [3.8, 4) is 0 Å². The second-order valence-electron chi connectivity index (χ2n) is 8.45. The Bertz CT molecular complexity index is 711. The van der Waals surface area contributed by atoms with E-state index in [2.05, 4.69) is 26.0 Å². The highest BCUT2D eigenvalue weighted by Gasteiger charge is 2.56. The van der Waals surface area contributed by atoms with Crippen molar-refractivity contribution in [2.75, 3.05) is 0 Å². The van der Waals surface area contributed by atoms with Gasteiger partial charge in [0.2, 0.25) is 0 Å². The van der Waals surface area contributed by atoms with Crippen LogP contribution in [0.1, 0.15) is 59.3 Å². The second kappa shape index (κ2) is 5.96. The maximum atomic E-state index is 11.8. The molecule has 0 bridgehead atoms. The molecule has 1 saturated carbocycles. The number of hydrogen-bond donors (Lipinski definition) is 0. The summed E-state index contributed by atoms with van der Waals surface area (Å²) in [5.41, 5.74) is 4.11. The van der Waals surface area contributed by atoms with E-state index in [-0.39, 0.29) is 23.3 Å². The third-order valence-electron chi connectivity index (χ3n) is 7.14. The van der Waals surface area contributed by atoms with Crippen LogP contribution in [-0.2, 0) is 14.3 Å². The molecule has 0 saturated heterocycles. The van der Waals surface area contributed by atoms with E-state index < -0.39 is 0 Å². The van der Waals surface area contributed by atoms with Gasteiger partial charge in [-0.15, -0.1) is 0 Å². The van der Waals surface area contributed by atoms with Gasteiger partial charge in [0.25, 0.3) is 0 Å². The van der Waals surface area contributed by atoms with E-state index >= 15 is 0 Å². The van der Waals surface area contributed by atoms with E-state index in [0.717, 1.165) is 32.1 Å². The molecule has 25 heavy (non-hydrogen) atoms. The summed E-state index contributed by atoms with van der Waals surface area (Å²) >= 11 is 0. The number of carbonyl (C=O) groups excluding carboxylic acids is 2. The summed E-state index contributed by atoms with van der Waals surface area (Å²) in [5, 5.41) is 0. The molecule has 3 heteroatoms. The molecule has 4 aliphatic carbocycles.